The lowest BCUT2D eigenvalue weighted by Crippen LogP contribution is -2.23. The van der Waals surface area contributed by atoms with E-state index in [1.165, 1.54) is 5.56 Å². The summed E-state index contributed by atoms with van der Waals surface area (Å²) in [6, 6.07) is 8.68. The summed E-state index contributed by atoms with van der Waals surface area (Å²) in [5.74, 6) is 1.63. The molecule has 0 aromatic heterocycles. The largest absolute Gasteiger partial charge is 0.494 e. The Morgan fingerprint density at radius 3 is 2.62 bits per heavy atom. The minimum absolute atomic E-state index is 0.378. The molecule has 16 heavy (non-hydrogen) atoms. The van der Waals surface area contributed by atoms with E-state index in [9.17, 15) is 0 Å². The van der Waals surface area contributed by atoms with Gasteiger partial charge in [0.2, 0.25) is 0 Å². The summed E-state index contributed by atoms with van der Waals surface area (Å²) in [6.45, 7) is 10.4. The smallest absolute Gasteiger partial charge is 0.119 e. The summed E-state index contributed by atoms with van der Waals surface area (Å²) >= 11 is 0. The third-order valence-corrected chi connectivity index (χ3v) is 2.50. The van der Waals surface area contributed by atoms with Crippen LogP contribution in [0.25, 0.3) is 0 Å². The maximum atomic E-state index is 5.49. The highest BCUT2D eigenvalue weighted by Crippen LogP contribution is 2.19. The van der Waals surface area contributed by atoms with E-state index < -0.39 is 0 Å². The van der Waals surface area contributed by atoms with E-state index in [2.05, 4.69) is 38.2 Å². The molecular weight excluding hydrogens is 198 g/mol. The van der Waals surface area contributed by atoms with E-state index in [1.54, 1.807) is 0 Å². The summed E-state index contributed by atoms with van der Waals surface area (Å²) in [5, 5.41) is 3.51. The zero-order valence-corrected chi connectivity index (χ0v) is 10.8. The highest BCUT2D eigenvalue weighted by Gasteiger charge is 2.06. The molecule has 0 saturated heterocycles. The highest BCUT2D eigenvalue weighted by molar-refractivity contribution is 5.30. The summed E-state index contributed by atoms with van der Waals surface area (Å²) in [7, 11) is 0. The molecule has 0 spiro atoms. The van der Waals surface area contributed by atoms with Crippen LogP contribution in [0.4, 0.5) is 0 Å². The molecule has 0 bridgehead atoms. The maximum Gasteiger partial charge on any atom is 0.119 e. The number of benzene rings is 1. The predicted octanol–water partition coefficient (Wildman–Crippen LogP) is 3.39. The van der Waals surface area contributed by atoms with Crippen molar-refractivity contribution < 1.29 is 4.74 Å². The van der Waals surface area contributed by atoms with Crippen LogP contribution in [0, 0.1) is 5.92 Å². The summed E-state index contributed by atoms with van der Waals surface area (Å²) in [5.41, 5.74) is 1.28. The number of ether oxygens (including phenoxy) is 1. The van der Waals surface area contributed by atoms with Crippen molar-refractivity contribution in [3.05, 3.63) is 29.8 Å². The maximum absolute atomic E-state index is 5.49. The Morgan fingerprint density at radius 2 is 2.00 bits per heavy atom. The van der Waals surface area contributed by atoms with Gasteiger partial charge in [0.05, 0.1) is 6.61 Å². The van der Waals surface area contributed by atoms with Gasteiger partial charge in [-0.05, 0) is 44.0 Å². The highest BCUT2D eigenvalue weighted by atomic mass is 16.5. The molecule has 0 radical (unpaired) electrons. The molecule has 0 heterocycles. The van der Waals surface area contributed by atoms with Gasteiger partial charge in [0.1, 0.15) is 5.75 Å². The molecule has 90 valence electrons. The van der Waals surface area contributed by atoms with Crippen molar-refractivity contribution >= 4 is 0 Å². The van der Waals surface area contributed by atoms with Crippen LogP contribution in [-0.2, 0) is 0 Å². The zero-order valence-electron chi connectivity index (χ0n) is 10.8. The van der Waals surface area contributed by atoms with Crippen LogP contribution in [0.15, 0.2) is 24.3 Å². The Hall–Kier alpha value is -1.02. The molecule has 2 nitrogen and oxygen atoms in total. The SMILES string of the molecule is CCOc1cccc(C(C)NCC(C)C)c1. The van der Waals surface area contributed by atoms with Crippen LogP contribution in [0.1, 0.15) is 39.3 Å². The van der Waals surface area contributed by atoms with Gasteiger partial charge in [0.15, 0.2) is 0 Å². The van der Waals surface area contributed by atoms with Crippen molar-refractivity contribution in [1.82, 2.24) is 5.32 Å². The Bertz CT molecular complexity index is 309. The molecule has 0 saturated carbocycles. The Kier molecular flexibility index (Phi) is 5.33. The average Bonchev–Trinajstić information content (AvgIpc) is 2.26. The molecule has 0 fully saturated rings. The molecule has 1 unspecified atom stereocenters. The van der Waals surface area contributed by atoms with Gasteiger partial charge in [-0.25, -0.2) is 0 Å². The van der Waals surface area contributed by atoms with E-state index in [4.69, 9.17) is 4.74 Å². The summed E-state index contributed by atoms with van der Waals surface area (Å²) in [6.07, 6.45) is 0. The summed E-state index contributed by atoms with van der Waals surface area (Å²) in [4.78, 5) is 0. The molecule has 0 amide bonds. The minimum atomic E-state index is 0.378. The minimum Gasteiger partial charge on any atom is -0.494 e. The fourth-order valence-corrected chi connectivity index (χ4v) is 1.57. The molecule has 1 atom stereocenters. The molecule has 2 heteroatoms. The fraction of sp³-hybridized carbons (Fsp3) is 0.571. The topological polar surface area (TPSA) is 21.3 Å². The lowest BCUT2D eigenvalue weighted by Gasteiger charge is -2.16. The zero-order chi connectivity index (χ0) is 12.0. The van der Waals surface area contributed by atoms with Crippen LogP contribution in [0.2, 0.25) is 0 Å². The molecular formula is C14H23NO. The van der Waals surface area contributed by atoms with Gasteiger partial charge in [-0.15, -0.1) is 0 Å². The third-order valence-electron chi connectivity index (χ3n) is 2.50. The van der Waals surface area contributed by atoms with Gasteiger partial charge < -0.3 is 10.1 Å². The molecule has 1 rings (SSSR count). The number of nitrogens with one attached hydrogen (secondary N) is 1. The van der Waals surface area contributed by atoms with E-state index in [1.807, 2.05) is 19.1 Å². The lowest BCUT2D eigenvalue weighted by atomic mass is 10.1. The van der Waals surface area contributed by atoms with Crippen molar-refractivity contribution in [3.8, 4) is 5.75 Å². The van der Waals surface area contributed by atoms with Gasteiger partial charge in [-0.2, -0.15) is 0 Å². The first-order valence-electron chi connectivity index (χ1n) is 6.09. The molecule has 1 N–H and O–H groups in total. The second-order valence-corrected chi connectivity index (χ2v) is 4.53. The van der Waals surface area contributed by atoms with Crippen molar-refractivity contribution in [2.75, 3.05) is 13.2 Å². The van der Waals surface area contributed by atoms with E-state index in [0.29, 0.717) is 12.0 Å². The molecule has 1 aromatic carbocycles. The van der Waals surface area contributed by atoms with Crippen molar-refractivity contribution in [3.63, 3.8) is 0 Å². The third kappa shape index (κ3) is 4.23. The first-order chi connectivity index (χ1) is 7.63. The van der Waals surface area contributed by atoms with Crippen LogP contribution < -0.4 is 10.1 Å². The number of rotatable bonds is 6. The number of hydrogen-bond donors (Lipinski definition) is 1. The van der Waals surface area contributed by atoms with E-state index in [-0.39, 0.29) is 0 Å². The fourth-order valence-electron chi connectivity index (χ4n) is 1.57. The standard InChI is InChI=1S/C14H23NO/c1-5-16-14-8-6-7-13(9-14)12(4)15-10-11(2)3/h6-9,11-12,15H,5,10H2,1-4H3. The van der Waals surface area contributed by atoms with E-state index in [0.717, 1.165) is 18.9 Å². The quantitative estimate of drug-likeness (QED) is 0.795. The second-order valence-electron chi connectivity index (χ2n) is 4.53. The molecule has 0 aliphatic carbocycles. The van der Waals surface area contributed by atoms with E-state index >= 15 is 0 Å². The van der Waals surface area contributed by atoms with Crippen LogP contribution in [0.5, 0.6) is 5.75 Å². The van der Waals surface area contributed by atoms with Gasteiger partial charge in [-0.3, -0.25) is 0 Å². The van der Waals surface area contributed by atoms with Crippen LogP contribution in [0.3, 0.4) is 0 Å². The van der Waals surface area contributed by atoms with Crippen molar-refractivity contribution in [2.24, 2.45) is 5.92 Å². The first-order valence-corrected chi connectivity index (χ1v) is 6.09. The molecule has 0 aliphatic rings. The average molecular weight is 221 g/mol. The normalized spacial score (nSPS) is 12.8. The second kappa shape index (κ2) is 6.54. The van der Waals surface area contributed by atoms with Gasteiger partial charge in [-0.1, -0.05) is 26.0 Å². The molecule has 1 aromatic rings. The van der Waals surface area contributed by atoms with Crippen LogP contribution in [-0.4, -0.2) is 13.2 Å². The van der Waals surface area contributed by atoms with Gasteiger partial charge in [0, 0.05) is 6.04 Å². The van der Waals surface area contributed by atoms with Crippen molar-refractivity contribution in [1.29, 1.82) is 0 Å². The monoisotopic (exact) mass is 221 g/mol. The Morgan fingerprint density at radius 1 is 1.25 bits per heavy atom. The van der Waals surface area contributed by atoms with Crippen LogP contribution >= 0.6 is 0 Å². The van der Waals surface area contributed by atoms with Crippen molar-refractivity contribution in [2.45, 2.75) is 33.7 Å². The first kappa shape index (κ1) is 13.0. The Balaban J connectivity index is 2.60. The summed E-state index contributed by atoms with van der Waals surface area (Å²) < 4.78 is 5.49. The van der Waals surface area contributed by atoms with Gasteiger partial charge >= 0.3 is 0 Å². The lowest BCUT2D eigenvalue weighted by molar-refractivity contribution is 0.339. The molecule has 0 aliphatic heterocycles. The van der Waals surface area contributed by atoms with Gasteiger partial charge in [0.25, 0.3) is 0 Å². The number of hydrogen-bond acceptors (Lipinski definition) is 2. The predicted molar refractivity (Wildman–Crippen MR) is 68.9 cm³/mol. The Labute approximate surface area is 99.0 Å².